The normalized spacial score (nSPS) is 12.3. The van der Waals surface area contributed by atoms with E-state index in [1.165, 1.54) is 0 Å². The van der Waals surface area contributed by atoms with Crippen LogP contribution < -0.4 is 0 Å². The van der Waals surface area contributed by atoms with Crippen molar-refractivity contribution in [3.63, 3.8) is 0 Å². The molecule has 0 N–H and O–H groups in total. The largest absolute Gasteiger partial charge is 0.465 e. The summed E-state index contributed by atoms with van der Waals surface area (Å²) >= 11 is 3.40. The minimum Gasteiger partial charge on any atom is -0.465 e. The number of ether oxygens (including phenoxy) is 1. The number of ketones is 1. The summed E-state index contributed by atoms with van der Waals surface area (Å²) in [6.45, 7) is 7.67. The van der Waals surface area contributed by atoms with Crippen LogP contribution in [0.3, 0.4) is 0 Å². The molecule has 1 atom stereocenters. The highest BCUT2D eigenvalue weighted by Crippen LogP contribution is 2.23. The van der Waals surface area contributed by atoms with Gasteiger partial charge in [0.15, 0.2) is 5.78 Å². The third-order valence-electron chi connectivity index (χ3n) is 2.95. The average Bonchev–Trinajstić information content (AvgIpc) is 2.32. The lowest BCUT2D eigenvalue weighted by molar-refractivity contribution is -0.147. The number of Topliss-reactive ketones (excluding diaryl/α,β-unsaturated/α-hetero) is 1. The summed E-state index contributed by atoms with van der Waals surface area (Å²) < 4.78 is 5.86. The van der Waals surface area contributed by atoms with Crippen molar-refractivity contribution in [2.24, 2.45) is 11.8 Å². The summed E-state index contributed by atoms with van der Waals surface area (Å²) in [4.78, 5) is 24.3. The first kappa shape index (κ1) is 15.9. The molecule has 0 spiro atoms. The van der Waals surface area contributed by atoms with E-state index in [9.17, 15) is 9.59 Å². The molecule has 0 fully saturated rings. The zero-order chi connectivity index (χ0) is 14.6. The molecule has 104 valence electrons. The first-order valence-corrected chi connectivity index (χ1v) is 7.14. The zero-order valence-corrected chi connectivity index (χ0v) is 13.3. The second-order valence-corrected chi connectivity index (χ2v) is 5.66. The molecule has 0 amide bonds. The maximum absolute atomic E-state index is 12.4. The molecule has 0 heterocycles. The van der Waals surface area contributed by atoms with Crippen molar-refractivity contribution in [3.05, 3.63) is 33.8 Å². The number of esters is 1. The number of carbonyl (C=O) groups is 2. The molecule has 0 saturated heterocycles. The van der Waals surface area contributed by atoms with Gasteiger partial charge in [0.1, 0.15) is 5.92 Å². The van der Waals surface area contributed by atoms with Crippen LogP contribution in [0.2, 0.25) is 0 Å². The van der Waals surface area contributed by atoms with E-state index in [-0.39, 0.29) is 18.3 Å². The van der Waals surface area contributed by atoms with Crippen molar-refractivity contribution in [3.8, 4) is 0 Å². The molecule has 0 bridgehead atoms. The Bertz CT molecular complexity index is 480. The van der Waals surface area contributed by atoms with Gasteiger partial charge in [-0.1, -0.05) is 41.9 Å². The Morgan fingerprint density at radius 1 is 1.32 bits per heavy atom. The van der Waals surface area contributed by atoms with E-state index in [0.29, 0.717) is 5.56 Å². The number of halogens is 1. The highest BCUT2D eigenvalue weighted by molar-refractivity contribution is 9.10. The van der Waals surface area contributed by atoms with Gasteiger partial charge < -0.3 is 4.74 Å². The molecule has 1 aromatic rings. The highest BCUT2D eigenvalue weighted by Gasteiger charge is 2.31. The molecule has 1 unspecified atom stereocenters. The van der Waals surface area contributed by atoms with Gasteiger partial charge in [-0.2, -0.15) is 0 Å². The van der Waals surface area contributed by atoms with Crippen LogP contribution in [0.5, 0.6) is 0 Å². The quantitative estimate of drug-likeness (QED) is 0.470. The monoisotopic (exact) mass is 326 g/mol. The molecule has 1 rings (SSSR count). The molecule has 0 aliphatic heterocycles. The van der Waals surface area contributed by atoms with Gasteiger partial charge in [-0.3, -0.25) is 9.59 Å². The van der Waals surface area contributed by atoms with Crippen molar-refractivity contribution in [2.75, 3.05) is 6.61 Å². The van der Waals surface area contributed by atoms with E-state index in [4.69, 9.17) is 4.74 Å². The fraction of sp³-hybridized carbons (Fsp3) is 0.467. The minimum atomic E-state index is -0.741. The van der Waals surface area contributed by atoms with Crippen LogP contribution in [-0.2, 0) is 9.53 Å². The van der Waals surface area contributed by atoms with Crippen LogP contribution in [0, 0.1) is 18.8 Å². The number of aryl methyl sites for hydroxylation is 1. The van der Waals surface area contributed by atoms with Gasteiger partial charge in [0.2, 0.25) is 0 Å². The van der Waals surface area contributed by atoms with E-state index < -0.39 is 11.9 Å². The Labute approximate surface area is 122 Å². The Hall–Kier alpha value is -1.16. The van der Waals surface area contributed by atoms with Gasteiger partial charge in [0.05, 0.1) is 6.61 Å². The molecule has 3 nitrogen and oxygen atoms in total. The molecule has 0 aromatic heterocycles. The molecule has 4 heteroatoms. The lowest BCUT2D eigenvalue weighted by Gasteiger charge is -2.18. The lowest BCUT2D eigenvalue weighted by Crippen LogP contribution is -2.30. The number of rotatable bonds is 5. The molecule has 19 heavy (non-hydrogen) atoms. The van der Waals surface area contributed by atoms with Crippen LogP contribution in [-0.4, -0.2) is 18.4 Å². The third kappa shape index (κ3) is 3.90. The number of benzene rings is 1. The predicted octanol–water partition coefficient (Wildman–Crippen LogP) is 3.78. The fourth-order valence-corrected chi connectivity index (χ4v) is 2.22. The number of hydrogen-bond donors (Lipinski definition) is 0. The topological polar surface area (TPSA) is 43.4 Å². The zero-order valence-electron chi connectivity index (χ0n) is 11.7. The first-order valence-electron chi connectivity index (χ1n) is 6.35. The van der Waals surface area contributed by atoms with Gasteiger partial charge in [0, 0.05) is 10.0 Å². The Morgan fingerprint density at radius 3 is 2.42 bits per heavy atom. The summed E-state index contributed by atoms with van der Waals surface area (Å²) in [5.41, 5.74) is 1.58. The molecule has 1 aromatic carbocycles. The lowest BCUT2D eigenvalue weighted by atomic mass is 9.88. The smallest absolute Gasteiger partial charge is 0.317 e. The van der Waals surface area contributed by atoms with Crippen molar-refractivity contribution in [1.82, 2.24) is 0 Å². The average molecular weight is 327 g/mol. The number of hydrogen-bond acceptors (Lipinski definition) is 3. The maximum Gasteiger partial charge on any atom is 0.317 e. The Morgan fingerprint density at radius 2 is 1.95 bits per heavy atom. The third-order valence-corrected chi connectivity index (χ3v) is 3.80. The first-order chi connectivity index (χ1) is 8.88. The summed E-state index contributed by atoms with van der Waals surface area (Å²) in [5.74, 6) is -1.46. The van der Waals surface area contributed by atoms with Crippen LogP contribution in [0.4, 0.5) is 0 Å². The standard InChI is InChI=1S/C15H19BrO3/c1-5-19-15(18)13(9(2)3)14(17)11-7-6-10(4)12(16)8-11/h6-9,13H,5H2,1-4H3. The van der Waals surface area contributed by atoms with E-state index in [0.717, 1.165) is 10.0 Å². The summed E-state index contributed by atoms with van der Waals surface area (Å²) in [5, 5.41) is 0. The Kier molecular flexibility index (Phi) is 5.73. The highest BCUT2D eigenvalue weighted by atomic mass is 79.9. The van der Waals surface area contributed by atoms with Gasteiger partial charge in [-0.25, -0.2) is 0 Å². The van der Waals surface area contributed by atoms with Crippen molar-refractivity contribution in [2.45, 2.75) is 27.7 Å². The molecule has 0 radical (unpaired) electrons. The summed E-state index contributed by atoms with van der Waals surface area (Å²) in [6.07, 6.45) is 0. The molecule has 0 saturated carbocycles. The molecule has 0 aliphatic rings. The molecule has 0 aliphatic carbocycles. The van der Waals surface area contributed by atoms with E-state index in [1.54, 1.807) is 19.1 Å². The molecular formula is C15H19BrO3. The van der Waals surface area contributed by atoms with Crippen molar-refractivity contribution in [1.29, 1.82) is 0 Å². The van der Waals surface area contributed by atoms with Crippen LogP contribution in [0.15, 0.2) is 22.7 Å². The van der Waals surface area contributed by atoms with Gasteiger partial charge in [-0.05, 0) is 31.4 Å². The maximum atomic E-state index is 12.4. The summed E-state index contributed by atoms with van der Waals surface area (Å²) in [7, 11) is 0. The summed E-state index contributed by atoms with van der Waals surface area (Å²) in [6, 6.07) is 5.36. The van der Waals surface area contributed by atoms with Crippen LogP contribution in [0.1, 0.15) is 36.7 Å². The fourth-order valence-electron chi connectivity index (χ4n) is 1.84. The second kappa shape index (κ2) is 6.85. The SMILES string of the molecule is CCOC(=O)C(C(=O)c1ccc(C)c(Br)c1)C(C)C. The number of carbonyl (C=O) groups excluding carboxylic acids is 2. The van der Waals surface area contributed by atoms with E-state index in [2.05, 4.69) is 15.9 Å². The van der Waals surface area contributed by atoms with Crippen molar-refractivity contribution < 1.29 is 14.3 Å². The van der Waals surface area contributed by atoms with Gasteiger partial charge in [0.25, 0.3) is 0 Å². The minimum absolute atomic E-state index is 0.0911. The van der Waals surface area contributed by atoms with E-state index >= 15 is 0 Å². The molecular weight excluding hydrogens is 308 g/mol. The van der Waals surface area contributed by atoms with Crippen LogP contribution >= 0.6 is 15.9 Å². The van der Waals surface area contributed by atoms with E-state index in [1.807, 2.05) is 26.8 Å². The van der Waals surface area contributed by atoms with Gasteiger partial charge in [-0.15, -0.1) is 0 Å². The predicted molar refractivity (Wildman–Crippen MR) is 78.2 cm³/mol. The second-order valence-electron chi connectivity index (χ2n) is 4.80. The van der Waals surface area contributed by atoms with Crippen molar-refractivity contribution >= 4 is 27.7 Å². The van der Waals surface area contributed by atoms with Crippen LogP contribution in [0.25, 0.3) is 0 Å². The van der Waals surface area contributed by atoms with Gasteiger partial charge >= 0.3 is 5.97 Å². The Balaban J connectivity index is 3.05.